The second-order valence-electron chi connectivity index (χ2n) is 3.91. The van der Waals surface area contributed by atoms with Gasteiger partial charge in [-0.15, -0.1) is 0 Å². The van der Waals surface area contributed by atoms with Crippen LogP contribution in [-0.4, -0.2) is 28.8 Å². The molecule has 0 bridgehead atoms. The van der Waals surface area contributed by atoms with E-state index in [2.05, 4.69) is 0 Å². The Morgan fingerprint density at radius 3 is 2.69 bits per heavy atom. The van der Waals surface area contributed by atoms with E-state index in [4.69, 9.17) is 15.6 Å². The van der Waals surface area contributed by atoms with Gasteiger partial charge in [0.05, 0.1) is 7.11 Å². The number of carbonyl (C=O) groups is 1. The van der Waals surface area contributed by atoms with E-state index in [0.717, 1.165) is 0 Å². The van der Waals surface area contributed by atoms with Crippen molar-refractivity contribution in [2.45, 2.75) is 18.9 Å². The highest BCUT2D eigenvalue weighted by molar-refractivity contribution is 5.78. The molecular formula is C11H15NO4. The minimum absolute atomic E-state index is 0.0142. The molecule has 0 aromatic heterocycles. The van der Waals surface area contributed by atoms with E-state index in [1.807, 2.05) is 0 Å². The summed E-state index contributed by atoms with van der Waals surface area (Å²) in [5.41, 5.74) is 4.98. The number of aromatic hydroxyl groups is 1. The Balaban J connectivity index is 2.94. The van der Waals surface area contributed by atoms with Crippen LogP contribution in [0.3, 0.4) is 0 Å². The van der Waals surface area contributed by atoms with Crippen molar-refractivity contribution >= 4 is 5.97 Å². The third kappa shape index (κ3) is 2.64. The fourth-order valence-electron chi connectivity index (χ4n) is 1.33. The van der Waals surface area contributed by atoms with Crippen LogP contribution in [0.1, 0.15) is 12.5 Å². The lowest BCUT2D eigenvalue weighted by Gasteiger charge is -2.19. The van der Waals surface area contributed by atoms with Gasteiger partial charge in [-0.3, -0.25) is 4.79 Å². The number of aliphatic carboxylic acids is 1. The zero-order valence-electron chi connectivity index (χ0n) is 9.23. The van der Waals surface area contributed by atoms with Crippen molar-refractivity contribution in [3.8, 4) is 11.5 Å². The summed E-state index contributed by atoms with van der Waals surface area (Å²) in [4.78, 5) is 10.8. The molecular weight excluding hydrogens is 210 g/mol. The summed E-state index contributed by atoms with van der Waals surface area (Å²) >= 11 is 0. The zero-order valence-corrected chi connectivity index (χ0v) is 9.23. The van der Waals surface area contributed by atoms with E-state index in [9.17, 15) is 9.90 Å². The van der Waals surface area contributed by atoms with E-state index >= 15 is 0 Å². The largest absolute Gasteiger partial charge is 0.504 e. The first-order chi connectivity index (χ1) is 7.36. The lowest BCUT2D eigenvalue weighted by molar-refractivity contribution is -0.142. The van der Waals surface area contributed by atoms with E-state index in [1.165, 1.54) is 20.1 Å². The first-order valence-corrected chi connectivity index (χ1v) is 4.75. The molecule has 0 radical (unpaired) electrons. The normalized spacial score (nSPS) is 14.2. The van der Waals surface area contributed by atoms with Gasteiger partial charge >= 0.3 is 5.97 Å². The maximum absolute atomic E-state index is 10.8. The third-order valence-electron chi connectivity index (χ3n) is 2.30. The highest BCUT2D eigenvalue weighted by atomic mass is 16.5. The van der Waals surface area contributed by atoms with Crippen LogP contribution in [0.15, 0.2) is 18.2 Å². The fourth-order valence-corrected chi connectivity index (χ4v) is 1.33. The van der Waals surface area contributed by atoms with Crippen LogP contribution in [0.5, 0.6) is 11.5 Å². The zero-order chi connectivity index (χ0) is 12.3. The van der Waals surface area contributed by atoms with Gasteiger partial charge in [0.15, 0.2) is 11.5 Å². The smallest absolute Gasteiger partial charge is 0.323 e. The Hall–Kier alpha value is -1.75. The molecule has 0 spiro atoms. The molecule has 4 N–H and O–H groups in total. The quantitative estimate of drug-likeness (QED) is 0.703. The van der Waals surface area contributed by atoms with Crippen LogP contribution in [0.4, 0.5) is 0 Å². The predicted octanol–water partition coefficient (Wildman–Crippen LogP) is 0.745. The lowest BCUT2D eigenvalue weighted by atomic mass is 9.94. The topological polar surface area (TPSA) is 92.8 Å². The predicted molar refractivity (Wildman–Crippen MR) is 58.6 cm³/mol. The summed E-state index contributed by atoms with van der Waals surface area (Å²) < 4.78 is 4.92. The lowest BCUT2D eigenvalue weighted by Crippen LogP contribution is -2.46. The number of hydrogen-bond acceptors (Lipinski definition) is 4. The maximum Gasteiger partial charge on any atom is 0.323 e. The number of methoxy groups -OCH3 is 1. The van der Waals surface area contributed by atoms with Crippen molar-refractivity contribution in [1.82, 2.24) is 0 Å². The standard InChI is InChI=1S/C11H15NO4/c1-11(12,10(14)15)6-7-3-4-8(13)9(5-7)16-2/h3-5,13H,6,12H2,1-2H3,(H,14,15)/t11-/m1/s1. The van der Waals surface area contributed by atoms with Crippen LogP contribution < -0.4 is 10.5 Å². The van der Waals surface area contributed by atoms with Crippen molar-refractivity contribution in [3.05, 3.63) is 23.8 Å². The second kappa shape index (κ2) is 4.40. The van der Waals surface area contributed by atoms with Crippen LogP contribution in [-0.2, 0) is 11.2 Å². The summed E-state index contributed by atoms with van der Waals surface area (Å²) in [5, 5.41) is 18.2. The number of carboxylic acid groups (broad SMARTS) is 1. The fraction of sp³-hybridized carbons (Fsp3) is 0.364. The number of phenols is 1. The van der Waals surface area contributed by atoms with Gasteiger partial charge < -0.3 is 20.7 Å². The molecule has 88 valence electrons. The van der Waals surface area contributed by atoms with E-state index < -0.39 is 11.5 Å². The van der Waals surface area contributed by atoms with Crippen molar-refractivity contribution in [3.63, 3.8) is 0 Å². The van der Waals surface area contributed by atoms with Crippen LogP contribution in [0, 0.1) is 0 Å². The molecule has 0 heterocycles. The molecule has 1 atom stereocenters. The van der Waals surface area contributed by atoms with E-state index in [-0.39, 0.29) is 12.2 Å². The SMILES string of the molecule is COc1cc(C[C@@](C)(N)C(=O)O)ccc1O. The van der Waals surface area contributed by atoms with Crippen LogP contribution in [0.2, 0.25) is 0 Å². The van der Waals surface area contributed by atoms with Gasteiger partial charge in [-0.1, -0.05) is 6.07 Å². The molecule has 0 saturated heterocycles. The van der Waals surface area contributed by atoms with Gasteiger partial charge in [0, 0.05) is 6.42 Å². The average molecular weight is 225 g/mol. The molecule has 1 rings (SSSR count). The molecule has 1 aromatic carbocycles. The van der Waals surface area contributed by atoms with Crippen molar-refractivity contribution in [2.75, 3.05) is 7.11 Å². The van der Waals surface area contributed by atoms with Gasteiger partial charge in [-0.05, 0) is 24.6 Å². The molecule has 0 aliphatic heterocycles. The van der Waals surface area contributed by atoms with Crippen LogP contribution in [0.25, 0.3) is 0 Å². The Labute approximate surface area is 93.5 Å². The number of carboxylic acids is 1. The first kappa shape index (κ1) is 12.3. The minimum atomic E-state index is -1.33. The van der Waals surface area contributed by atoms with Gasteiger partial charge in [-0.2, -0.15) is 0 Å². The summed E-state index contributed by atoms with van der Waals surface area (Å²) in [7, 11) is 1.43. The molecule has 5 heteroatoms. The highest BCUT2D eigenvalue weighted by Crippen LogP contribution is 2.27. The first-order valence-electron chi connectivity index (χ1n) is 4.75. The number of hydrogen-bond donors (Lipinski definition) is 3. The molecule has 0 fully saturated rings. The number of ether oxygens (including phenoxy) is 1. The van der Waals surface area contributed by atoms with Crippen molar-refractivity contribution in [1.29, 1.82) is 0 Å². The van der Waals surface area contributed by atoms with E-state index in [1.54, 1.807) is 12.1 Å². The van der Waals surface area contributed by atoms with Gasteiger partial charge in [-0.25, -0.2) is 0 Å². The Morgan fingerprint density at radius 1 is 1.56 bits per heavy atom. The van der Waals surface area contributed by atoms with Crippen molar-refractivity contribution in [2.24, 2.45) is 5.73 Å². The monoisotopic (exact) mass is 225 g/mol. The number of rotatable bonds is 4. The molecule has 0 saturated carbocycles. The number of nitrogens with two attached hydrogens (primary N) is 1. The average Bonchev–Trinajstić information content (AvgIpc) is 2.20. The Bertz CT molecular complexity index is 401. The molecule has 0 amide bonds. The summed E-state index contributed by atoms with van der Waals surface area (Å²) in [5.74, 6) is -0.751. The Kier molecular flexibility index (Phi) is 3.39. The van der Waals surface area contributed by atoms with Gasteiger partial charge in [0.2, 0.25) is 0 Å². The second-order valence-corrected chi connectivity index (χ2v) is 3.91. The molecule has 0 unspecified atom stereocenters. The Morgan fingerprint density at radius 2 is 2.19 bits per heavy atom. The molecule has 0 aliphatic carbocycles. The molecule has 5 nitrogen and oxygen atoms in total. The molecule has 16 heavy (non-hydrogen) atoms. The summed E-state index contributed by atoms with van der Waals surface area (Å²) in [6.45, 7) is 1.44. The number of benzene rings is 1. The van der Waals surface area contributed by atoms with Crippen LogP contribution >= 0.6 is 0 Å². The summed E-state index contributed by atoms with van der Waals surface area (Å²) in [6, 6.07) is 4.64. The summed E-state index contributed by atoms with van der Waals surface area (Å²) in [6.07, 6.45) is 0.166. The highest BCUT2D eigenvalue weighted by Gasteiger charge is 2.28. The van der Waals surface area contributed by atoms with E-state index in [0.29, 0.717) is 11.3 Å². The molecule has 0 aliphatic rings. The number of phenolic OH excluding ortho intramolecular Hbond substituents is 1. The van der Waals surface area contributed by atoms with Gasteiger partial charge in [0.1, 0.15) is 5.54 Å². The maximum atomic E-state index is 10.8. The van der Waals surface area contributed by atoms with Gasteiger partial charge in [0.25, 0.3) is 0 Å². The molecule has 1 aromatic rings. The third-order valence-corrected chi connectivity index (χ3v) is 2.30. The minimum Gasteiger partial charge on any atom is -0.504 e. The van der Waals surface area contributed by atoms with Crippen molar-refractivity contribution < 1.29 is 19.7 Å².